The van der Waals surface area contributed by atoms with Crippen molar-refractivity contribution in [2.45, 2.75) is 6.92 Å². The highest BCUT2D eigenvalue weighted by Gasteiger charge is 1.99. The van der Waals surface area contributed by atoms with Gasteiger partial charge in [0, 0.05) is 12.4 Å². The van der Waals surface area contributed by atoms with Gasteiger partial charge in [-0.05, 0) is 18.6 Å². The van der Waals surface area contributed by atoms with Crippen molar-refractivity contribution in [3.05, 3.63) is 36.7 Å². The van der Waals surface area contributed by atoms with Crippen LogP contribution < -0.4 is 0 Å². The summed E-state index contributed by atoms with van der Waals surface area (Å²) in [5.74, 6) is 0. The molecule has 0 spiro atoms. The van der Waals surface area contributed by atoms with Crippen LogP contribution in [0.25, 0.3) is 0 Å². The van der Waals surface area contributed by atoms with Gasteiger partial charge in [0.05, 0.1) is 11.9 Å². The fraction of sp³-hybridized carbons (Fsp3) is 0.111. The molecule has 0 aliphatic carbocycles. The van der Waals surface area contributed by atoms with Crippen LogP contribution in [0.1, 0.15) is 6.92 Å². The molecule has 2 nitrogen and oxygen atoms in total. The molecule has 0 atom stereocenters. The molecule has 0 aromatic rings. The third kappa shape index (κ3) is 2.00. The molecule has 1 aliphatic heterocycles. The second-order valence-corrected chi connectivity index (χ2v) is 2.12. The molecule has 11 heavy (non-hydrogen) atoms. The van der Waals surface area contributed by atoms with Gasteiger partial charge < -0.3 is 0 Å². The van der Waals surface area contributed by atoms with Crippen molar-refractivity contribution in [1.82, 2.24) is 0 Å². The van der Waals surface area contributed by atoms with Crippen molar-refractivity contribution in [1.29, 1.82) is 0 Å². The second-order valence-electron chi connectivity index (χ2n) is 2.12. The van der Waals surface area contributed by atoms with Gasteiger partial charge in [0.25, 0.3) is 0 Å². The topological polar surface area (TPSA) is 24.7 Å². The molecular weight excluding hydrogens is 136 g/mol. The Bertz CT molecular complexity index is 267. The molecule has 0 fully saturated rings. The van der Waals surface area contributed by atoms with Crippen LogP contribution in [0.4, 0.5) is 0 Å². The summed E-state index contributed by atoms with van der Waals surface area (Å²) in [7, 11) is 0. The van der Waals surface area contributed by atoms with E-state index in [0.29, 0.717) is 0 Å². The lowest BCUT2D eigenvalue weighted by molar-refractivity contribution is 1.49. The maximum Gasteiger partial charge on any atom is 0.0878 e. The van der Waals surface area contributed by atoms with Crippen LogP contribution >= 0.6 is 0 Å². The summed E-state index contributed by atoms with van der Waals surface area (Å²) >= 11 is 0. The smallest absolute Gasteiger partial charge is 0.0878 e. The Morgan fingerprint density at radius 3 is 3.09 bits per heavy atom. The molecule has 0 aromatic heterocycles. The summed E-state index contributed by atoms with van der Waals surface area (Å²) in [6.07, 6.45) is 8.83. The molecule has 1 rings (SSSR count). The van der Waals surface area contributed by atoms with Gasteiger partial charge in [-0.25, -0.2) is 0 Å². The SMILES string of the molecule is C=C1C=CN=CC1=N/C=C\C. The summed E-state index contributed by atoms with van der Waals surface area (Å²) in [5, 5.41) is 0. The zero-order valence-corrected chi connectivity index (χ0v) is 6.49. The van der Waals surface area contributed by atoms with E-state index in [1.807, 2.05) is 19.1 Å². The van der Waals surface area contributed by atoms with Gasteiger partial charge in [-0.2, -0.15) is 0 Å². The summed E-state index contributed by atoms with van der Waals surface area (Å²) < 4.78 is 0. The summed E-state index contributed by atoms with van der Waals surface area (Å²) in [4.78, 5) is 8.05. The predicted octanol–water partition coefficient (Wildman–Crippen LogP) is 2.12. The normalized spacial score (nSPS) is 20.5. The van der Waals surface area contributed by atoms with Gasteiger partial charge in [0.2, 0.25) is 0 Å². The standard InChI is InChI=1S/C9H10N2/c1-3-5-11-9-7-10-6-4-8(9)2/h3-7H,2H2,1H3/b5-3-,11-9?. The molecule has 0 saturated heterocycles. The van der Waals surface area contributed by atoms with Gasteiger partial charge in [-0.1, -0.05) is 12.7 Å². The third-order valence-corrected chi connectivity index (χ3v) is 1.25. The Morgan fingerprint density at radius 2 is 2.45 bits per heavy atom. The molecule has 0 saturated carbocycles. The molecule has 1 heterocycles. The Kier molecular flexibility index (Phi) is 2.55. The molecule has 0 radical (unpaired) electrons. The molecule has 0 aromatic carbocycles. The van der Waals surface area contributed by atoms with E-state index < -0.39 is 0 Å². The zero-order valence-electron chi connectivity index (χ0n) is 6.49. The first-order chi connectivity index (χ1) is 5.34. The van der Waals surface area contributed by atoms with Crippen molar-refractivity contribution < 1.29 is 0 Å². The van der Waals surface area contributed by atoms with Crippen molar-refractivity contribution in [3.8, 4) is 0 Å². The lowest BCUT2D eigenvalue weighted by Gasteiger charge is -2.00. The van der Waals surface area contributed by atoms with Crippen LogP contribution in [0.3, 0.4) is 0 Å². The van der Waals surface area contributed by atoms with E-state index >= 15 is 0 Å². The first kappa shape index (κ1) is 7.66. The molecule has 1 aliphatic rings. The van der Waals surface area contributed by atoms with Gasteiger partial charge in [0.1, 0.15) is 0 Å². The monoisotopic (exact) mass is 146 g/mol. The molecule has 0 N–H and O–H groups in total. The Hall–Kier alpha value is -1.44. The third-order valence-electron chi connectivity index (χ3n) is 1.25. The number of hydrogen-bond acceptors (Lipinski definition) is 2. The quantitative estimate of drug-likeness (QED) is 0.541. The van der Waals surface area contributed by atoms with E-state index in [9.17, 15) is 0 Å². The van der Waals surface area contributed by atoms with E-state index in [1.54, 1.807) is 18.6 Å². The number of allylic oxidation sites excluding steroid dienone is 3. The van der Waals surface area contributed by atoms with Crippen LogP contribution in [0, 0.1) is 0 Å². The summed E-state index contributed by atoms with van der Waals surface area (Å²) in [5.41, 5.74) is 1.73. The van der Waals surface area contributed by atoms with Crippen LogP contribution in [0.15, 0.2) is 46.7 Å². The van der Waals surface area contributed by atoms with E-state index in [0.717, 1.165) is 11.3 Å². The second kappa shape index (κ2) is 3.66. The molecule has 0 bridgehead atoms. The molecular formula is C9H10N2. The number of aliphatic imine (C=N–C) groups is 2. The highest BCUT2D eigenvalue weighted by molar-refractivity contribution is 6.39. The lowest BCUT2D eigenvalue weighted by Crippen LogP contribution is -2.03. The Labute approximate surface area is 66.4 Å². The van der Waals surface area contributed by atoms with Gasteiger partial charge in [-0.15, -0.1) is 0 Å². The van der Waals surface area contributed by atoms with Crippen LogP contribution in [-0.2, 0) is 0 Å². The highest BCUT2D eigenvalue weighted by Crippen LogP contribution is 2.01. The molecule has 56 valence electrons. The lowest BCUT2D eigenvalue weighted by atomic mass is 10.1. The fourth-order valence-corrected chi connectivity index (χ4v) is 0.686. The maximum absolute atomic E-state index is 4.12. The van der Waals surface area contributed by atoms with Gasteiger partial charge in [-0.3, -0.25) is 9.98 Å². The van der Waals surface area contributed by atoms with E-state index in [2.05, 4.69) is 16.6 Å². The summed E-state index contributed by atoms with van der Waals surface area (Å²) in [6, 6.07) is 0. The van der Waals surface area contributed by atoms with Crippen LogP contribution in [0.5, 0.6) is 0 Å². The predicted molar refractivity (Wildman–Crippen MR) is 49.0 cm³/mol. The average molecular weight is 146 g/mol. The Balaban J connectivity index is 2.81. The van der Waals surface area contributed by atoms with Crippen molar-refractivity contribution >= 4 is 11.9 Å². The Morgan fingerprint density at radius 1 is 1.64 bits per heavy atom. The van der Waals surface area contributed by atoms with Gasteiger partial charge in [0.15, 0.2) is 0 Å². The largest absolute Gasteiger partial charge is 0.262 e. The minimum absolute atomic E-state index is 0.825. The van der Waals surface area contributed by atoms with Crippen molar-refractivity contribution in [2.24, 2.45) is 9.98 Å². The van der Waals surface area contributed by atoms with E-state index in [-0.39, 0.29) is 0 Å². The van der Waals surface area contributed by atoms with Crippen molar-refractivity contribution in [2.75, 3.05) is 0 Å². The fourth-order valence-electron chi connectivity index (χ4n) is 0.686. The van der Waals surface area contributed by atoms with Crippen molar-refractivity contribution in [3.63, 3.8) is 0 Å². The maximum atomic E-state index is 4.12. The van der Waals surface area contributed by atoms with E-state index in [1.165, 1.54) is 0 Å². The zero-order chi connectivity index (χ0) is 8.10. The number of nitrogens with zero attached hydrogens (tertiary/aromatic N) is 2. The van der Waals surface area contributed by atoms with E-state index in [4.69, 9.17) is 0 Å². The van der Waals surface area contributed by atoms with Crippen LogP contribution in [0.2, 0.25) is 0 Å². The number of hydrogen-bond donors (Lipinski definition) is 0. The number of rotatable bonds is 1. The summed E-state index contributed by atoms with van der Waals surface area (Å²) in [6.45, 7) is 5.73. The molecule has 0 unspecified atom stereocenters. The first-order valence-electron chi connectivity index (χ1n) is 3.42. The van der Waals surface area contributed by atoms with Gasteiger partial charge >= 0.3 is 0 Å². The minimum Gasteiger partial charge on any atom is -0.262 e. The molecule has 0 amide bonds. The minimum atomic E-state index is 0.825. The van der Waals surface area contributed by atoms with Crippen LogP contribution in [-0.4, -0.2) is 11.9 Å². The average Bonchev–Trinajstić information content (AvgIpc) is 2.03. The first-order valence-corrected chi connectivity index (χ1v) is 3.42. The molecule has 2 heteroatoms. The highest BCUT2D eigenvalue weighted by atomic mass is 14.8.